The highest BCUT2D eigenvalue weighted by atomic mass is 16.3. The van der Waals surface area contributed by atoms with Gasteiger partial charge in [0, 0.05) is 38.8 Å². The van der Waals surface area contributed by atoms with E-state index in [4.69, 9.17) is 8.83 Å². The van der Waals surface area contributed by atoms with Crippen LogP contribution in [0.1, 0.15) is 47.2 Å². The molecule has 0 saturated heterocycles. The Morgan fingerprint density at radius 1 is 0.311 bits per heavy atom. The molecular weight excluding hydrogens is 901 g/mol. The van der Waals surface area contributed by atoms with E-state index in [0.717, 1.165) is 78.0 Å². The first kappa shape index (κ1) is 42.3. The molecule has 4 heteroatoms. The van der Waals surface area contributed by atoms with Crippen molar-refractivity contribution < 1.29 is 8.83 Å². The molecule has 0 saturated carbocycles. The third-order valence-electron chi connectivity index (χ3n) is 16.1. The van der Waals surface area contributed by atoms with Crippen molar-refractivity contribution in [1.29, 1.82) is 0 Å². The minimum Gasteiger partial charge on any atom is -0.456 e. The number of hydrogen-bond acceptors (Lipinski definition) is 4. The van der Waals surface area contributed by atoms with E-state index in [0.29, 0.717) is 0 Å². The average Bonchev–Trinajstić information content (AvgIpc) is 4.19. The summed E-state index contributed by atoms with van der Waals surface area (Å²) < 4.78 is 13.3. The van der Waals surface area contributed by atoms with E-state index in [2.05, 4.69) is 272 Å². The van der Waals surface area contributed by atoms with Gasteiger partial charge in [0.05, 0.1) is 33.2 Å². The number of hydrogen-bond donors (Lipinski definition) is 0. The van der Waals surface area contributed by atoms with E-state index < -0.39 is 5.41 Å². The van der Waals surface area contributed by atoms with Crippen LogP contribution in [-0.4, -0.2) is 0 Å². The second kappa shape index (κ2) is 16.1. The van der Waals surface area contributed by atoms with Crippen LogP contribution < -0.4 is 9.80 Å². The standard InChI is InChI=1S/C70H48N2O2/c1-69(2)55-31-13-9-27-50(55)51-42-41-49(44-58(51)69)71(60-35-19-39-64-67(60)53-29-11-15-37-62(53)73-64)47-25-17-26-48(43-47)72(61-36-20-40-65-68(61)54-30-12-16-38-63(54)74-65)59-34-18-33-57-66(59)52-28-10-14-32-56(52)70(57,45-21-5-3-6-22-45)46-23-7-4-8-24-46/h3-44H,1-2H3. The minimum atomic E-state index is -0.587. The quantitative estimate of drug-likeness (QED) is 0.152. The minimum absolute atomic E-state index is 0.203. The number of rotatable bonds is 8. The summed E-state index contributed by atoms with van der Waals surface area (Å²) in [5.41, 5.74) is 21.4. The van der Waals surface area contributed by atoms with Gasteiger partial charge in [-0.05, 0) is 123 Å². The number of anilines is 6. The molecule has 74 heavy (non-hydrogen) atoms. The predicted octanol–water partition coefficient (Wildman–Crippen LogP) is 19.1. The summed E-state index contributed by atoms with van der Waals surface area (Å²) in [6.45, 7) is 4.71. The van der Waals surface area contributed by atoms with E-state index in [1.807, 2.05) is 6.07 Å². The first-order chi connectivity index (χ1) is 36.5. The van der Waals surface area contributed by atoms with Gasteiger partial charge in [-0.15, -0.1) is 0 Å². The molecule has 0 amide bonds. The molecule has 15 rings (SSSR count). The lowest BCUT2D eigenvalue weighted by atomic mass is 9.68. The summed E-state index contributed by atoms with van der Waals surface area (Å²) in [6, 6.07) is 92.9. The number of benzene rings is 11. The smallest absolute Gasteiger partial charge is 0.137 e. The Labute approximate surface area is 429 Å². The maximum Gasteiger partial charge on any atom is 0.137 e. The van der Waals surface area contributed by atoms with Crippen molar-refractivity contribution in [3.63, 3.8) is 0 Å². The summed E-state index contributed by atoms with van der Waals surface area (Å²) in [6.07, 6.45) is 0. The lowest BCUT2D eigenvalue weighted by Gasteiger charge is -2.34. The van der Waals surface area contributed by atoms with Gasteiger partial charge in [0.15, 0.2) is 0 Å². The van der Waals surface area contributed by atoms with Gasteiger partial charge in [-0.1, -0.05) is 196 Å². The number of furan rings is 2. The highest BCUT2D eigenvalue weighted by molar-refractivity contribution is 6.15. The highest BCUT2D eigenvalue weighted by Gasteiger charge is 2.47. The molecule has 0 N–H and O–H groups in total. The third kappa shape index (κ3) is 5.97. The van der Waals surface area contributed by atoms with Crippen molar-refractivity contribution in [2.75, 3.05) is 9.80 Å². The Morgan fingerprint density at radius 2 is 0.770 bits per heavy atom. The van der Waals surface area contributed by atoms with Crippen molar-refractivity contribution in [1.82, 2.24) is 0 Å². The molecule has 2 aliphatic carbocycles. The zero-order valence-corrected chi connectivity index (χ0v) is 41.0. The zero-order chi connectivity index (χ0) is 49.1. The van der Waals surface area contributed by atoms with Crippen LogP contribution in [0.25, 0.3) is 66.1 Å². The first-order valence-corrected chi connectivity index (χ1v) is 25.6. The largest absolute Gasteiger partial charge is 0.456 e. The zero-order valence-electron chi connectivity index (χ0n) is 41.0. The maximum absolute atomic E-state index is 6.69. The van der Waals surface area contributed by atoms with Crippen molar-refractivity contribution in [2.45, 2.75) is 24.7 Å². The van der Waals surface area contributed by atoms with Crippen LogP contribution in [0.5, 0.6) is 0 Å². The molecular formula is C70H48N2O2. The number of nitrogens with zero attached hydrogens (tertiary/aromatic N) is 2. The number of fused-ring (bicyclic) bond motifs is 12. The van der Waals surface area contributed by atoms with Crippen molar-refractivity contribution in [3.8, 4) is 22.3 Å². The van der Waals surface area contributed by atoms with Crippen LogP contribution in [0.15, 0.2) is 264 Å². The molecule has 0 fully saturated rings. The lowest BCUT2D eigenvalue weighted by molar-refractivity contribution is 0.660. The highest BCUT2D eigenvalue weighted by Crippen LogP contribution is 2.60. The molecule has 0 aliphatic heterocycles. The fraction of sp³-hybridized carbons (Fsp3) is 0.0571. The normalized spacial score (nSPS) is 13.8. The Kier molecular flexibility index (Phi) is 9.19. The molecule has 0 atom stereocenters. The van der Waals surface area contributed by atoms with E-state index in [-0.39, 0.29) is 5.41 Å². The topological polar surface area (TPSA) is 32.8 Å². The molecule has 0 spiro atoms. The van der Waals surface area contributed by atoms with Gasteiger partial charge in [-0.25, -0.2) is 0 Å². The van der Waals surface area contributed by atoms with Crippen molar-refractivity contribution >= 4 is 78.0 Å². The summed E-state index contributed by atoms with van der Waals surface area (Å²) in [5.74, 6) is 0. The van der Waals surface area contributed by atoms with Gasteiger partial charge in [-0.3, -0.25) is 0 Å². The van der Waals surface area contributed by atoms with Crippen LogP contribution in [0.3, 0.4) is 0 Å². The first-order valence-electron chi connectivity index (χ1n) is 25.6. The van der Waals surface area contributed by atoms with Crippen LogP contribution in [0.4, 0.5) is 34.1 Å². The van der Waals surface area contributed by atoms with Gasteiger partial charge in [0.2, 0.25) is 0 Å². The van der Waals surface area contributed by atoms with E-state index in [9.17, 15) is 0 Å². The molecule has 0 radical (unpaired) electrons. The SMILES string of the molecule is CC1(C)c2ccccc2-c2ccc(N(c3cccc(N(c4cccc5c4-c4ccccc4C5(c4ccccc4)c4ccccc4)c4cccc5oc6ccccc6c45)c3)c3cccc4oc5ccccc5c34)cc21. The van der Waals surface area contributed by atoms with E-state index in [1.54, 1.807) is 0 Å². The molecule has 2 aliphatic rings. The Morgan fingerprint density at radius 3 is 1.43 bits per heavy atom. The van der Waals surface area contributed by atoms with Gasteiger partial charge in [0.25, 0.3) is 0 Å². The van der Waals surface area contributed by atoms with Crippen LogP contribution in [0, 0.1) is 0 Å². The Balaban J connectivity index is 1.02. The van der Waals surface area contributed by atoms with E-state index >= 15 is 0 Å². The molecule has 0 bridgehead atoms. The van der Waals surface area contributed by atoms with Gasteiger partial charge in [0.1, 0.15) is 22.3 Å². The fourth-order valence-electron chi connectivity index (χ4n) is 13.0. The maximum atomic E-state index is 6.69. The Hall–Kier alpha value is -9.38. The second-order valence-corrected chi connectivity index (χ2v) is 20.3. The molecule has 0 unspecified atom stereocenters. The van der Waals surface area contributed by atoms with Crippen molar-refractivity contribution in [2.24, 2.45) is 0 Å². The third-order valence-corrected chi connectivity index (χ3v) is 16.1. The summed E-state index contributed by atoms with van der Waals surface area (Å²) in [7, 11) is 0. The molecule has 2 heterocycles. The van der Waals surface area contributed by atoms with Gasteiger partial charge < -0.3 is 18.6 Å². The van der Waals surface area contributed by atoms with Gasteiger partial charge in [-0.2, -0.15) is 0 Å². The van der Waals surface area contributed by atoms with E-state index in [1.165, 1.54) is 55.6 Å². The van der Waals surface area contributed by atoms with Gasteiger partial charge >= 0.3 is 0 Å². The van der Waals surface area contributed by atoms with Crippen LogP contribution >= 0.6 is 0 Å². The lowest BCUT2D eigenvalue weighted by Crippen LogP contribution is -2.28. The fourth-order valence-corrected chi connectivity index (χ4v) is 13.0. The predicted molar refractivity (Wildman–Crippen MR) is 305 cm³/mol. The molecule has 4 nitrogen and oxygen atoms in total. The van der Waals surface area contributed by atoms with Crippen LogP contribution in [-0.2, 0) is 10.8 Å². The Bertz CT molecular complexity index is 4330. The monoisotopic (exact) mass is 948 g/mol. The summed E-state index contributed by atoms with van der Waals surface area (Å²) in [4.78, 5) is 4.93. The molecule has 350 valence electrons. The summed E-state index contributed by atoms with van der Waals surface area (Å²) >= 11 is 0. The molecule has 13 aromatic rings. The average molecular weight is 949 g/mol. The molecule has 11 aromatic carbocycles. The number of para-hydroxylation sites is 2. The van der Waals surface area contributed by atoms with Crippen LogP contribution in [0.2, 0.25) is 0 Å². The molecule has 2 aromatic heterocycles. The second-order valence-electron chi connectivity index (χ2n) is 20.3. The summed E-state index contributed by atoms with van der Waals surface area (Å²) in [5, 5.41) is 4.27. The van der Waals surface area contributed by atoms with Crippen molar-refractivity contribution in [3.05, 3.63) is 288 Å².